The van der Waals surface area contributed by atoms with Crippen molar-refractivity contribution in [3.63, 3.8) is 0 Å². The molecule has 0 N–H and O–H groups in total. The number of carbonyl (C=O) groups excluding carboxylic acids is 1. The minimum absolute atomic E-state index is 0.560. The monoisotopic (exact) mass is 244 g/mol. The number of hydrogen-bond donors (Lipinski definition) is 0. The van der Waals surface area contributed by atoms with Crippen molar-refractivity contribution in [2.45, 2.75) is 13.8 Å². The fourth-order valence-corrected chi connectivity index (χ4v) is 1.93. The zero-order valence-corrected chi connectivity index (χ0v) is 10.6. The molecule has 0 bridgehead atoms. The first kappa shape index (κ1) is 12.4. The maximum absolute atomic E-state index is 10.9. The number of hydrogen-bond acceptors (Lipinski definition) is 3. The Hall–Kier alpha value is -2.03. The first-order valence-corrected chi connectivity index (χ1v) is 6.07. The summed E-state index contributed by atoms with van der Waals surface area (Å²) in [6.07, 6.45) is 0.836. The third-order valence-corrected chi connectivity index (χ3v) is 2.68. The molecule has 0 unspecified atom stereocenters. The molecule has 3 nitrogen and oxygen atoms in total. The largest absolute Gasteiger partial charge is 0.490 e. The van der Waals surface area contributed by atoms with Gasteiger partial charge in [0.25, 0.3) is 0 Å². The normalized spacial score (nSPS) is 10.3. The molecule has 94 valence electrons. The zero-order valence-electron chi connectivity index (χ0n) is 10.6. The molecule has 0 aliphatic rings. The number of carbonyl (C=O) groups is 1. The van der Waals surface area contributed by atoms with Crippen LogP contribution < -0.4 is 9.47 Å². The van der Waals surface area contributed by atoms with Gasteiger partial charge in [-0.15, -0.1) is 0 Å². The Labute approximate surface area is 106 Å². The van der Waals surface area contributed by atoms with Crippen LogP contribution in [-0.2, 0) is 0 Å². The maximum Gasteiger partial charge on any atom is 0.168 e. The molecular weight excluding hydrogens is 228 g/mol. The molecule has 18 heavy (non-hydrogen) atoms. The Morgan fingerprint density at radius 2 is 1.78 bits per heavy atom. The molecule has 0 fully saturated rings. The van der Waals surface area contributed by atoms with E-state index in [-0.39, 0.29) is 0 Å². The molecule has 0 amide bonds. The predicted octanol–water partition coefficient (Wildman–Crippen LogP) is 3.45. The van der Waals surface area contributed by atoms with Crippen LogP contribution in [-0.4, -0.2) is 19.5 Å². The smallest absolute Gasteiger partial charge is 0.168 e. The maximum atomic E-state index is 10.9. The molecule has 0 heterocycles. The fourth-order valence-electron chi connectivity index (χ4n) is 1.93. The summed E-state index contributed by atoms with van der Waals surface area (Å²) in [4.78, 5) is 10.9. The van der Waals surface area contributed by atoms with E-state index < -0.39 is 0 Å². The highest BCUT2D eigenvalue weighted by atomic mass is 16.5. The molecule has 0 saturated heterocycles. The van der Waals surface area contributed by atoms with Crippen molar-refractivity contribution in [3.05, 3.63) is 35.9 Å². The van der Waals surface area contributed by atoms with Gasteiger partial charge in [-0.2, -0.15) is 0 Å². The van der Waals surface area contributed by atoms with E-state index in [1.807, 2.05) is 38.1 Å². The van der Waals surface area contributed by atoms with Gasteiger partial charge < -0.3 is 9.47 Å². The molecule has 0 aromatic heterocycles. The van der Waals surface area contributed by atoms with Gasteiger partial charge in [0, 0.05) is 10.9 Å². The van der Waals surface area contributed by atoms with Crippen molar-refractivity contribution in [1.82, 2.24) is 0 Å². The van der Waals surface area contributed by atoms with Gasteiger partial charge in [0.05, 0.1) is 13.2 Å². The lowest BCUT2D eigenvalue weighted by Gasteiger charge is -2.13. The Bertz CT molecular complexity index is 561. The fraction of sp³-hybridized carbons (Fsp3) is 0.267. The number of fused-ring (bicyclic) bond motifs is 1. The van der Waals surface area contributed by atoms with Gasteiger partial charge in [-0.25, -0.2) is 0 Å². The van der Waals surface area contributed by atoms with Crippen LogP contribution in [0.5, 0.6) is 11.5 Å². The lowest BCUT2D eigenvalue weighted by molar-refractivity contribution is 0.112. The Balaban J connectivity index is 2.65. The van der Waals surface area contributed by atoms with Gasteiger partial charge in [0.15, 0.2) is 11.5 Å². The van der Waals surface area contributed by atoms with Crippen LogP contribution in [0.2, 0.25) is 0 Å². The van der Waals surface area contributed by atoms with E-state index >= 15 is 0 Å². The van der Waals surface area contributed by atoms with E-state index in [4.69, 9.17) is 9.47 Å². The minimum atomic E-state index is 0.560. The van der Waals surface area contributed by atoms with E-state index in [2.05, 4.69) is 0 Å². The lowest BCUT2D eigenvalue weighted by atomic mass is 10.1. The number of rotatable bonds is 5. The lowest BCUT2D eigenvalue weighted by Crippen LogP contribution is -1.99. The van der Waals surface area contributed by atoms with Crippen molar-refractivity contribution in [3.8, 4) is 11.5 Å². The van der Waals surface area contributed by atoms with Crippen LogP contribution >= 0.6 is 0 Å². The van der Waals surface area contributed by atoms with Gasteiger partial charge in [-0.05, 0) is 31.4 Å². The second-order valence-electron chi connectivity index (χ2n) is 3.86. The molecule has 0 aliphatic carbocycles. The van der Waals surface area contributed by atoms with Gasteiger partial charge in [-0.1, -0.05) is 18.2 Å². The highest BCUT2D eigenvalue weighted by molar-refractivity contribution is 5.94. The Morgan fingerprint density at radius 1 is 1.06 bits per heavy atom. The predicted molar refractivity (Wildman–Crippen MR) is 71.7 cm³/mol. The molecule has 0 atom stereocenters. The van der Waals surface area contributed by atoms with E-state index in [1.54, 1.807) is 6.07 Å². The quantitative estimate of drug-likeness (QED) is 0.756. The average molecular weight is 244 g/mol. The zero-order chi connectivity index (χ0) is 13.0. The molecular formula is C15H16O3. The topological polar surface area (TPSA) is 35.5 Å². The third-order valence-electron chi connectivity index (χ3n) is 2.68. The third kappa shape index (κ3) is 2.30. The highest BCUT2D eigenvalue weighted by Crippen LogP contribution is 2.36. The highest BCUT2D eigenvalue weighted by Gasteiger charge is 2.10. The van der Waals surface area contributed by atoms with Crippen molar-refractivity contribution in [2.75, 3.05) is 13.2 Å². The summed E-state index contributed by atoms with van der Waals surface area (Å²) in [5.74, 6) is 1.43. The van der Waals surface area contributed by atoms with Gasteiger partial charge in [0.1, 0.15) is 6.29 Å². The van der Waals surface area contributed by atoms with Crippen molar-refractivity contribution in [1.29, 1.82) is 0 Å². The Kier molecular flexibility index (Phi) is 3.82. The van der Waals surface area contributed by atoms with E-state index in [0.29, 0.717) is 24.5 Å². The van der Waals surface area contributed by atoms with Crippen LogP contribution in [0.15, 0.2) is 30.3 Å². The van der Waals surface area contributed by atoms with Crippen molar-refractivity contribution >= 4 is 17.1 Å². The van der Waals surface area contributed by atoms with Crippen LogP contribution in [0.4, 0.5) is 0 Å². The van der Waals surface area contributed by atoms with Crippen LogP contribution in [0.3, 0.4) is 0 Å². The number of aldehydes is 1. The summed E-state index contributed by atoms with van der Waals surface area (Å²) in [7, 11) is 0. The van der Waals surface area contributed by atoms with Crippen molar-refractivity contribution < 1.29 is 14.3 Å². The standard InChI is InChI=1S/C15H16O3/c1-3-17-14-8-7-12-6-5-11(10-16)9-13(12)15(14)18-4-2/h5-10H,3-4H2,1-2H3. The first-order chi connectivity index (χ1) is 8.80. The summed E-state index contributed by atoms with van der Waals surface area (Å²) in [5.41, 5.74) is 0.636. The van der Waals surface area contributed by atoms with Gasteiger partial charge in [-0.3, -0.25) is 4.79 Å². The van der Waals surface area contributed by atoms with Crippen LogP contribution in [0.1, 0.15) is 24.2 Å². The second kappa shape index (κ2) is 5.54. The minimum Gasteiger partial charge on any atom is -0.490 e. The molecule has 0 aliphatic heterocycles. The average Bonchev–Trinajstić information content (AvgIpc) is 2.41. The van der Waals surface area contributed by atoms with Gasteiger partial charge >= 0.3 is 0 Å². The molecule has 0 radical (unpaired) electrons. The van der Waals surface area contributed by atoms with Gasteiger partial charge in [0.2, 0.25) is 0 Å². The SMILES string of the molecule is CCOc1ccc2ccc(C=O)cc2c1OCC. The van der Waals surface area contributed by atoms with Crippen LogP contribution in [0.25, 0.3) is 10.8 Å². The number of ether oxygens (including phenoxy) is 2. The summed E-state index contributed by atoms with van der Waals surface area (Å²) in [6, 6.07) is 9.41. The number of benzene rings is 2. The summed E-state index contributed by atoms with van der Waals surface area (Å²) < 4.78 is 11.2. The first-order valence-electron chi connectivity index (χ1n) is 6.07. The van der Waals surface area contributed by atoms with E-state index in [1.165, 1.54) is 0 Å². The van der Waals surface area contributed by atoms with Crippen LogP contribution in [0, 0.1) is 0 Å². The molecule has 0 saturated carbocycles. The molecule has 0 spiro atoms. The molecule has 2 aromatic carbocycles. The summed E-state index contributed by atoms with van der Waals surface area (Å²) in [6.45, 7) is 5.00. The molecule has 2 aromatic rings. The van der Waals surface area contributed by atoms with E-state index in [0.717, 1.165) is 22.8 Å². The molecule has 2 rings (SSSR count). The van der Waals surface area contributed by atoms with E-state index in [9.17, 15) is 4.79 Å². The Morgan fingerprint density at radius 3 is 2.44 bits per heavy atom. The second-order valence-corrected chi connectivity index (χ2v) is 3.86. The summed E-state index contributed by atoms with van der Waals surface area (Å²) >= 11 is 0. The summed E-state index contributed by atoms with van der Waals surface area (Å²) in [5, 5.41) is 1.94. The molecule has 3 heteroatoms. The van der Waals surface area contributed by atoms with Crippen molar-refractivity contribution in [2.24, 2.45) is 0 Å².